The van der Waals surface area contributed by atoms with Crippen LogP contribution in [0.4, 0.5) is 0 Å². The SMILES string of the molecule is CCCC(N)C(=O)NCC(C)(C)OC. The fraction of sp³-hybridized carbons (Fsp3) is 0.900. The molecule has 0 radical (unpaired) electrons. The lowest BCUT2D eigenvalue weighted by Crippen LogP contribution is -2.46. The molecule has 1 unspecified atom stereocenters. The predicted molar refractivity (Wildman–Crippen MR) is 57.0 cm³/mol. The smallest absolute Gasteiger partial charge is 0.237 e. The summed E-state index contributed by atoms with van der Waals surface area (Å²) in [5.74, 6) is -0.100. The minimum absolute atomic E-state index is 0.100. The van der Waals surface area contributed by atoms with E-state index in [0.29, 0.717) is 6.54 Å². The van der Waals surface area contributed by atoms with Crippen LogP contribution in [-0.4, -0.2) is 31.2 Å². The van der Waals surface area contributed by atoms with E-state index < -0.39 is 6.04 Å². The van der Waals surface area contributed by atoms with Gasteiger partial charge in [0.2, 0.25) is 5.91 Å². The first-order valence-electron chi connectivity index (χ1n) is 5.01. The summed E-state index contributed by atoms with van der Waals surface area (Å²) in [5.41, 5.74) is 5.31. The average molecular weight is 202 g/mol. The van der Waals surface area contributed by atoms with Crippen molar-refractivity contribution in [2.45, 2.75) is 45.3 Å². The van der Waals surface area contributed by atoms with Gasteiger partial charge in [0.15, 0.2) is 0 Å². The quantitative estimate of drug-likeness (QED) is 0.665. The highest BCUT2D eigenvalue weighted by Crippen LogP contribution is 2.04. The van der Waals surface area contributed by atoms with Gasteiger partial charge in [0.05, 0.1) is 11.6 Å². The highest BCUT2D eigenvalue weighted by atomic mass is 16.5. The van der Waals surface area contributed by atoms with Gasteiger partial charge in [0.1, 0.15) is 0 Å². The van der Waals surface area contributed by atoms with Crippen molar-refractivity contribution in [3.8, 4) is 0 Å². The Hall–Kier alpha value is -0.610. The largest absolute Gasteiger partial charge is 0.377 e. The highest BCUT2D eigenvalue weighted by molar-refractivity contribution is 5.81. The fourth-order valence-corrected chi connectivity index (χ4v) is 0.945. The normalized spacial score (nSPS) is 13.8. The van der Waals surface area contributed by atoms with Crippen molar-refractivity contribution < 1.29 is 9.53 Å². The van der Waals surface area contributed by atoms with Crippen LogP contribution < -0.4 is 11.1 Å². The Labute approximate surface area is 86.2 Å². The van der Waals surface area contributed by atoms with Gasteiger partial charge in [-0.25, -0.2) is 0 Å². The maximum atomic E-state index is 11.4. The lowest BCUT2D eigenvalue weighted by molar-refractivity contribution is -0.123. The van der Waals surface area contributed by atoms with Gasteiger partial charge in [-0.05, 0) is 20.3 Å². The van der Waals surface area contributed by atoms with Crippen molar-refractivity contribution in [2.75, 3.05) is 13.7 Å². The Kier molecular flexibility index (Phi) is 5.72. The molecule has 3 N–H and O–H groups in total. The molecule has 0 aliphatic carbocycles. The summed E-state index contributed by atoms with van der Waals surface area (Å²) in [7, 11) is 1.62. The Morgan fingerprint density at radius 3 is 2.57 bits per heavy atom. The van der Waals surface area contributed by atoms with Gasteiger partial charge in [-0.3, -0.25) is 4.79 Å². The van der Waals surface area contributed by atoms with E-state index in [9.17, 15) is 4.79 Å². The molecule has 14 heavy (non-hydrogen) atoms. The Morgan fingerprint density at radius 1 is 1.57 bits per heavy atom. The van der Waals surface area contributed by atoms with Crippen molar-refractivity contribution in [2.24, 2.45) is 5.73 Å². The molecule has 0 spiro atoms. The van der Waals surface area contributed by atoms with E-state index in [-0.39, 0.29) is 11.5 Å². The zero-order chi connectivity index (χ0) is 11.2. The number of carbonyl (C=O) groups is 1. The van der Waals surface area contributed by atoms with E-state index in [0.717, 1.165) is 12.8 Å². The van der Waals surface area contributed by atoms with Crippen LogP contribution in [0.25, 0.3) is 0 Å². The highest BCUT2D eigenvalue weighted by Gasteiger charge is 2.19. The molecule has 84 valence electrons. The van der Waals surface area contributed by atoms with Crippen molar-refractivity contribution in [1.29, 1.82) is 0 Å². The second kappa shape index (κ2) is 5.98. The minimum atomic E-state index is -0.396. The summed E-state index contributed by atoms with van der Waals surface area (Å²) in [5, 5.41) is 2.77. The van der Waals surface area contributed by atoms with Gasteiger partial charge in [0, 0.05) is 13.7 Å². The van der Waals surface area contributed by atoms with Crippen LogP contribution >= 0.6 is 0 Å². The van der Waals surface area contributed by atoms with Crippen molar-refractivity contribution >= 4 is 5.91 Å². The molecule has 0 aromatic heterocycles. The van der Waals surface area contributed by atoms with E-state index in [1.807, 2.05) is 20.8 Å². The van der Waals surface area contributed by atoms with Gasteiger partial charge in [0.25, 0.3) is 0 Å². The van der Waals surface area contributed by atoms with Crippen molar-refractivity contribution in [1.82, 2.24) is 5.32 Å². The van der Waals surface area contributed by atoms with Gasteiger partial charge >= 0.3 is 0 Å². The number of nitrogens with two attached hydrogens (primary N) is 1. The number of rotatable bonds is 6. The van der Waals surface area contributed by atoms with Crippen LogP contribution in [0.15, 0.2) is 0 Å². The summed E-state index contributed by atoms with van der Waals surface area (Å²) in [4.78, 5) is 11.4. The average Bonchev–Trinajstić information content (AvgIpc) is 2.15. The number of carbonyl (C=O) groups excluding carboxylic acids is 1. The summed E-state index contributed by atoms with van der Waals surface area (Å²) >= 11 is 0. The van der Waals surface area contributed by atoms with Gasteiger partial charge in [-0.2, -0.15) is 0 Å². The first-order valence-corrected chi connectivity index (χ1v) is 5.01. The molecule has 0 aromatic rings. The van der Waals surface area contributed by atoms with E-state index in [2.05, 4.69) is 5.32 Å². The number of nitrogens with one attached hydrogen (secondary N) is 1. The second-order valence-electron chi connectivity index (χ2n) is 4.08. The zero-order valence-corrected chi connectivity index (χ0v) is 9.59. The molecular formula is C10H22N2O2. The molecule has 0 bridgehead atoms. The molecule has 0 rings (SSSR count). The lowest BCUT2D eigenvalue weighted by Gasteiger charge is -2.24. The topological polar surface area (TPSA) is 64.4 Å². The van der Waals surface area contributed by atoms with Crippen LogP contribution in [0, 0.1) is 0 Å². The van der Waals surface area contributed by atoms with Crippen molar-refractivity contribution in [3.05, 3.63) is 0 Å². The molecule has 0 saturated carbocycles. The summed E-state index contributed by atoms with van der Waals surface area (Å²) < 4.78 is 5.17. The summed E-state index contributed by atoms with van der Waals surface area (Å²) in [6.07, 6.45) is 1.64. The monoisotopic (exact) mass is 202 g/mol. The number of amides is 1. The van der Waals surface area contributed by atoms with Crippen molar-refractivity contribution in [3.63, 3.8) is 0 Å². The second-order valence-corrected chi connectivity index (χ2v) is 4.08. The number of hydrogen-bond donors (Lipinski definition) is 2. The molecule has 0 heterocycles. The van der Waals surface area contributed by atoms with Gasteiger partial charge in [-0.15, -0.1) is 0 Å². The maximum Gasteiger partial charge on any atom is 0.237 e. The summed E-state index contributed by atoms with van der Waals surface area (Å²) in [6, 6.07) is -0.396. The molecule has 0 aromatic carbocycles. The fourth-order valence-electron chi connectivity index (χ4n) is 0.945. The number of methoxy groups -OCH3 is 1. The van der Waals surface area contributed by atoms with E-state index in [1.54, 1.807) is 7.11 Å². The van der Waals surface area contributed by atoms with Gasteiger partial charge < -0.3 is 15.8 Å². The molecular weight excluding hydrogens is 180 g/mol. The Bertz CT molecular complexity index is 181. The van der Waals surface area contributed by atoms with Crippen LogP contribution in [0.2, 0.25) is 0 Å². The van der Waals surface area contributed by atoms with Crippen LogP contribution in [0.3, 0.4) is 0 Å². The third-order valence-corrected chi connectivity index (χ3v) is 2.18. The molecule has 0 fully saturated rings. The van der Waals surface area contributed by atoms with Gasteiger partial charge in [-0.1, -0.05) is 13.3 Å². The van der Waals surface area contributed by atoms with E-state index in [1.165, 1.54) is 0 Å². The molecule has 4 nitrogen and oxygen atoms in total. The predicted octanol–water partition coefficient (Wildman–Crippen LogP) is 0.655. The Morgan fingerprint density at radius 2 is 2.14 bits per heavy atom. The first-order chi connectivity index (χ1) is 6.43. The van der Waals surface area contributed by atoms with Crippen LogP contribution in [0.1, 0.15) is 33.6 Å². The number of hydrogen-bond acceptors (Lipinski definition) is 3. The van der Waals surface area contributed by atoms with E-state index in [4.69, 9.17) is 10.5 Å². The van der Waals surface area contributed by atoms with Crippen LogP contribution in [-0.2, 0) is 9.53 Å². The standard InChI is InChI=1S/C10H22N2O2/c1-5-6-8(11)9(13)12-7-10(2,3)14-4/h8H,5-7,11H2,1-4H3,(H,12,13). The zero-order valence-electron chi connectivity index (χ0n) is 9.59. The first kappa shape index (κ1) is 13.4. The lowest BCUT2D eigenvalue weighted by atomic mass is 10.1. The Balaban J connectivity index is 3.84. The minimum Gasteiger partial charge on any atom is -0.377 e. The molecule has 1 atom stereocenters. The third kappa shape index (κ3) is 5.19. The van der Waals surface area contributed by atoms with Crippen LogP contribution in [0.5, 0.6) is 0 Å². The molecule has 0 saturated heterocycles. The molecule has 4 heteroatoms. The molecule has 1 amide bonds. The summed E-state index contributed by atoms with van der Waals surface area (Å²) in [6.45, 7) is 6.32. The number of ether oxygens (including phenoxy) is 1. The third-order valence-electron chi connectivity index (χ3n) is 2.18. The van der Waals surface area contributed by atoms with E-state index >= 15 is 0 Å². The maximum absolute atomic E-state index is 11.4. The molecule has 0 aliphatic rings. The molecule has 0 aliphatic heterocycles.